The molecule has 0 amide bonds. The van der Waals surface area contributed by atoms with Gasteiger partial charge < -0.3 is 11.6 Å². The van der Waals surface area contributed by atoms with Crippen LogP contribution in [-0.2, 0) is 9.84 Å². The summed E-state index contributed by atoms with van der Waals surface area (Å²) in [7, 11) is -3.89. The zero-order chi connectivity index (χ0) is 17.8. The molecule has 0 radical (unpaired) electrons. The SMILES string of the molecule is Cc1cccc(S(=O)(=O)c2c(N)n(N)c3nc4ccccc4nc23)c1. The zero-order valence-corrected chi connectivity index (χ0v) is 14.2. The van der Waals surface area contributed by atoms with E-state index in [1.807, 2.05) is 19.1 Å². The lowest BCUT2D eigenvalue weighted by molar-refractivity contribution is 0.597. The van der Waals surface area contributed by atoms with Crippen molar-refractivity contribution in [3.05, 3.63) is 54.1 Å². The van der Waals surface area contributed by atoms with Gasteiger partial charge in [0.15, 0.2) is 5.65 Å². The summed E-state index contributed by atoms with van der Waals surface area (Å²) in [5.74, 6) is 5.87. The molecule has 7 nitrogen and oxygen atoms in total. The van der Waals surface area contributed by atoms with Gasteiger partial charge in [-0.05, 0) is 36.8 Å². The van der Waals surface area contributed by atoms with Crippen LogP contribution in [0.3, 0.4) is 0 Å². The quantitative estimate of drug-likeness (QED) is 0.533. The van der Waals surface area contributed by atoms with Crippen LogP contribution in [0.1, 0.15) is 5.56 Å². The first kappa shape index (κ1) is 15.4. The zero-order valence-electron chi connectivity index (χ0n) is 13.3. The van der Waals surface area contributed by atoms with Gasteiger partial charge in [0, 0.05) is 0 Å². The molecule has 4 aromatic rings. The molecule has 0 unspecified atom stereocenters. The van der Waals surface area contributed by atoms with E-state index in [4.69, 9.17) is 11.6 Å². The first-order valence-corrected chi connectivity index (χ1v) is 9.01. The highest BCUT2D eigenvalue weighted by atomic mass is 32.2. The second kappa shape index (κ2) is 5.18. The Morgan fingerprint density at radius 3 is 2.36 bits per heavy atom. The summed E-state index contributed by atoms with van der Waals surface area (Å²) in [5, 5.41) is 0. The van der Waals surface area contributed by atoms with Crippen LogP contribution in [0.25, 0.3) is 22.2 Å². The molecule has 0 bridgehead atoms. The predicted molar refractivity (Wildman–Crippen MR) is 96.2 cm³/mol. The van der Waals surface area contributed by atoms with E-state index in [0.717, 1.165) is 10.2 Å². The van der Waals surface area contributed by atoms with E-state index in [-0.39, 0.29) is 26.8 Å². The molecule has 2 heterocycles. The Morgan fingerprint density at radius 1 is 1.00 bits per heavy atom. The topological polar surface area (TPSA) is 117 Å². The smallest absolute Gasteiger partial charge is 0.212 e. The van der Waals surface area contributed by atoms with Crippen LogP contribution in [0.15, 0.2) is 58.3 Å². The standard InChI is InChI=1S/C17H15N5O2S/c1-10-5-4-6-11(9-10)25(23,24)15-14-17(22(19)16(15)18)21-13-8-3-2-7-12(13)20-14/h2-9H,18-19H2,1H3. The lowest BCUT2D eigenvalue weighted by Crippen LogP contribution is -2.13. The van der Waals surface area contributed by atoms with E-state index in [0.29, 0.717) is 11.0 Å². The monoisotopic (exact) mass is 353 g/mol. The van der Waals surface area contributed by atoms with Gasteiger partial charge in [-0.3, -0.25) is 0 Å². The lowest BCUT2D eigenvalue weighted by atomic mass is 10.2. The van der Waals surface area contributed by atoms with Crippen molar-refractivity contribution in [2.24, 2.45) is 0 Å². The van der Waals surface area contributed by atoms with Crippen LogP contribution in [0.5, 0.6) is 0 Å². The molecular weight excluding hydrogens is 338 g/mol. The molecule has 0 fully saturated rings. The van der Waals surface area contributed by atoms with Gasteiger partial charge >= 0.3 is 0 Å². The molecule has 2 aromatic carbocycles. The highest BCUT2D eigenvalue weighted by molar-refractivity contribution is 7.92. The van der Waals surface area contributed by atoms with Crippen molar-refractivity contribution in [3.63, 3.8) is 0 Å². The Bertz CT molecular complexity index is 1240. The Hall–Kier alpha value is -3.13. The average molecular weight is 353 g/mol. The molecule has 0 aliphatic rings. The van der Waals surface area contributed by atoms with Gasteiger partial charge in [-0.2, -0.15) is 0 Å². The molecule has 2 aromatic heterocycles. The number of benzene rings is 2. The Kier molecular flexibility index (Phi) is 3.19. The van der Waals surface area contributed by atoms with Crippen molar-refractivity contribution in [2.75, 3.05) is 11.6 Å². The first-order chi connectivity index (χ1) is 11.9. The maximum atomic E-state index is 13.2. The third-order valence-electron chi connectivity index (χ3n) is 4.06. The fourth-order valence-electron chi connectivity index (χ4n) is 2.82. The number of sulfone groups is 1. The number of para-hydroxylation sites is 2. The van der Waals surface area contributed by atoms with Gasteiger partial charge in [0.05, 0.1) is 15.9 Å². The van der Waals surface area contributed by atoms with Gasteiger partial charge in [-0.15, -0.1) is 0 Å². The summed E-state index contributed by atoms with van der Waals surface area (Å²) in [6.45, 7) is 1.82. The summed E-state index contributed by atoms with van der Waals surface area (Å²) < 4.78 is 27.4. The van der Waals surface area contributed by atoms with Crippen molar-refractivity contribution in [3.8, 4) is 0 Å². The third-order valence-corrected chi connectivity index (χ3v) is 5.87. The number of rotatable bonds is 2. The maximum Gasteiger partial charge on any atom is 0.212 e. The van der Waals surface area contributed by atoms with Crippen LogP contribution in [0, 0.1) is 6.92 Å². The molecule has 0 spiro atoms. The van der Waals surface area contributed by atoms with Gasteiger partial charge in [0.25, 0.3) is 0 Å². The van der Waals surface area contributed by atoms with Crippen molar-refractivity contribution >= 4 is 37.9 Å². The summed E-state index contributed by atoms with van der Waals surface area (Å²) in [4.78, 5) is 8.89. The van der Waals surface area contributed by atoms with Crippen molar-refractivity contribution < 1.29 is 8.42 Å². The van der Waals surface area contributed by atoms with Crippen molar-refractivity contribution in [1.29, 1.82) is 0 Å². The molecule has 8 heteroatoms. The van der Waals surface area contributed by atoms with Crippen LogP contribution < -0.4 is 11.6 Å². The predicted octanol–water partition coefficient (Wildman–Crippen LogP) is 2.02. The number of anilines is 1. The Balaban J connectivity index is 2.11. The molecule has 0 aliphatic carbocycles. The van der Waals surface area contributed by atoms with E-state index in [9.17, 15) is 8.42 Å². The Morgan fingerprint density at radius 2 is 1.68 bits per heavy atom. The van der Waals surface area contributed by atoms with Crippen molar-refractivity contribution in [2.45, 2.75) is 16.7 Å². The molecule has 0 saturated carbocycles. The minimum atomic E-state index is -3.89. The molecule has 4 rings (SSSR count). The van der Waals surface area contributed by atoms with Gasteiger partial charge in [0.1, 0.15) is 16.2 Å². The summed E-state index contributed by atoms with van der Waals surface area (Å²) in [6, 6.07) is 13.8. The fourth-order valence-corrected chi connectivity index (χ4v) is 4.42. The molecule has 4 N–H and O–H groups in total. The number of hydrogen-bond acceptors (Lipinski definition) is 6. The summed E-state index contributed by atoms with van der Waals surface area (Å²) in [6.07, 6.45) is 0. The molecule has 0 aliphatic heterocycles. The third kappa shape index (κ3) is 2.22. The van der Waals surface area contributed by atoms with Gasteiger partial charge in [-0.25, -0.2) is 23.1 Å². The summed E-state index contributed by atoms with van der Waals surface area (Å²) in [5.41, 5.74) is 8.42. The molecule has 0 saturated heterocycles. The normalized spacial score (nSPS) is 12.0. The molecular formula is C17H15N5O2S. The summed E-state index contributed by atoms with van der Waals surface area (Å²) >= 11 is 0. The molecule has 126 valence electrons. The minimum absolute atomic E-state index is 0.0909. The number of aromatic nitrogens is 3. The maximum absolute atomic E-state index is 13.2. The number of aryl methyl sites for hydroxylation is 1. The Labute approximate surface area is 143 Å². The second-order valence-electron chi connectivity index (χ2n) is 5.79. The van der Waals surface area contributed by atoms with E-state index < -0.39 is 9.84 Å². The van der Waals surface area contributed by atoms with Gasteiger partial charge in [-0.1, -0.05) is 24.3 Å². The lowest BCUT2D eigenvalue weighted by Gasteiger charge is -2.05. The largest absolute Gasteiger partial charge is 0.382 e. The second-order valence-corrected chi connectivity index (χ2v) is 7.68. The van der Waals surface area contributed by atoms with Gasteiger partial charge in [0.2, 0.25) is 9.84 Å². The highest BCUT2D eigenvalue weighted by Crippen LogP contribution is 2.34. The molecule has 25 heavy (non-hydrogen) atoms. The number of fused-ring (bicyclic) bond motifs is 2. The first-order valence-electron chi connectivity index (χ1n) is 7.53. The van der Waals surface area contributed by atoms with E-state index in [1.54, 1.807) is 30.3 Å². The average Bonchev–Trinajstić information content (AvgIpc) is 2.84. The van der Waals surface area contributed by atoms with E-state index in [2.05, 4.69) is 9.97 Å². The van der Waals surface area contributed by atoms with Crippen LogP contribution >= 0.6 is 0 Å². The van der Waals surface area contributed by atoms with E-state index >= 15 is 0 Å². The number of nitrogens with zero attached hydrogens (tertiary/aromatic N) is 3. The number of hydrogen-bond donors (Lipinski definition) is 2. The fraction of sp³-hybridized carbons (Fsp3) is 0.0588. The minimum Gasteiger partial charge on any atom is -0.382 e. The van der Waals surface area contributed by atoms with Crippen molar-refractivity contribution in [1.82, 2.24) is 14.6 Å². The molecule has 0 atom stereocenters. The van der Waals surface area contributed by atoms with E-state index in [1.165, 1.54) is 6.07 Å². The highest BCUT2D eigenvalue weighted by Gasteiger charge is 2.29. The number of nitrogen functional groups attached to an aromatic ring is 2. The van der Waals surface area contributed by atoms with Crippen LogP contribution in [0.2, 0.25) is 0 Å². The van der Waals surface area contributed by atoms with Crippen LogP contribution in [-0.4, -0.2) is 23.1 Å². The number of nitrogens with two attached hydrogens (primary N) is 2. The van der Waals surface area contributed by atoms with Crippen LogP contribution in [0.4, 0.5) is 5.82 Å².